The Labute approximate surface area is 131 Å². The lowest BCUT2D eigenvalue weighted by atomic mass is 9.81. The van der Waals surface area contributed by atoms with Crippen LogP contribution in [0.4, 0.5) is 0 Å². The van der Waals surface area contributed by atoms with Gasteiger partial charge in [0.2, 0.25) is 5.91 Å². The van der Waals surface area contributed by atoms with Gasteiger partial charge in [-0.15, -0.1) is 0 Å². The average molecular weight is 331 g/mol. The lowest BCUT2D eigenvalue weighted by molar-refractivity contribution is -0.155. The molecule has 0 aromatic carbocycles. The maximum absolute atomic E-state index is 12.3. The molecule has 22 heavy (non-hydrogen) atoms. The van der Waals surface area contributed by atoms with Gasteiger partial charge in [0.05, 0.1) is 18.1 Å². The molecule has 1 heterocycles. The van der Waals surface area contributed by atoms with Gasteiger partial charge in [-0.05, 0) is 32.1 Å². The van der Waals surface area contributed by atoms with Crippen LogP contribution < -0.4 is 5.32 Å². The first-order valence-electron chi connectivity index (χ1n) is 8.05. The third-order valence-corrected chi connectivity index (χ3v) is 6.39. The number of amides is 1. The van der Waals surface area contributed by atoms with Crippen molar-refractivity contribution in [3.8, 4) is 0 Å². The molecule has 2 fully saturated rings. The minimum absolute atomic E-state index is 0.0762. The van der Waals surface area contributed by atoms with Gasteiger partial charge in [0.1, 0.15) is 5.54 Å². The van der Waals surface area contributed by atoms with Crippen LogP contribution in [0, 0.1) is 5.92 Å². The molecule has 1 saturated carbocycles. The van der Waals surface area contributed by atoms with E-state index in [-0.39, 0.29) is 42.3 Å². The molecule has 1 atom stereocenters. The largest absolute Gasteiger partial charge is 0.464 e. The van der Waals surface area contributed by atoms with E-state index in [4.69, 9.17) is 4.74 Å². The van der Waals surface area contributed by atoms with Crippen molar-refractivity contribution in [3.63, 3.8) is 0 Å². The van der Waals surface area contributed by atoms with E-state index in [1.54, 1.807) is 6.92 Å². The van der Waals surface area contributed by atoms with Crippen molar-refractivity contribution in [2.24, 2.45) is 5.92 Å². The van der Waals surface area contributed by atoms with E-state index in [0.717, 1.165) is 19.3 Å². The lowest BCUT2D eigenvalue weighted by Gasteiger charge is -2.35. The van der Waals surface area contributed by atoms with Crippen LogP contribution in [0.5, 0.6) is 0 Å². The zero-order chi connectivity index (χ0) is 16.2. The fourth-order valence-corrected chi connectivity index (χ4v) is 5.28. The first-order valence-corrected chi connectivity index (χ1v) is 9.88. The summed E-state index contributed by atoms with van der Waals surface area (Å²) >= 11 is 0. The molecule has 0 spiro atoms. The number of esters is 1. The molecule has 126 valence electrons. The van der Waals surface area contributed by atoms with E-state index in [2.05, 4.69) is 5.32 Å². The zero-order valence-corrected chi connectivity index (χ0v) is 13.9. The van der Waals surface area contributed by atoms with Crippen molar-refractivity contribution in [1.82, 2.24) is 5.32 Å². The Kier molecular flexibility index (Phi) is 5.47. The third kappa shape index (κ3) is 4.21. The van der Waals surface area contributed by atoms with E-state index >= 15 is 0 Å². The summed E-state index contributed by atoms with van der Waals surface area (Å²) in [6, 6.07) is 0. The summed E-state index contributed by atoms with van der Waals surface area (Å²) in [5, 5.41) is 2.86. The molecule has 2 aliphatic rings. The van der Waals surface area contributed by atoms with E-state index in [1.807, 2.05) is 0 Å². The van der Waals surface area contributed by atoms with Gasteiger partial charge in [0.15, 0.2) is 9.84 Å². The summed E-state index contributed by atoms with van der Waals surface area (Å²) in [4.78, 5) is 24.5. The minimum atomic E-state index is -2.99. The quantitative estimate of drug-likeness (QED) is 0.765. The van der Waals surface area contributed by atoms with Crippen molar-refractivity contribution in [2.45, 2.75) is 57.4 Å². The summed E-state index contributed by atoms with van der Waals surface area (Å²) in [6.45, 7) is 2.04. The molecule has 7 heteroatoms. The lowest BCUT2D eigenvalue weighted by Crippen LogP contribution is -2.56. The molecule has 0 aromatic rings. The Hall–Kier alpha value is -1.11. The van der Waals surface area contributed by atoms with Crippen LogP contribution in [-0.4, -0.2) is 43.9 Å². The summed E-state index contributed by atoms with van der Waals surface area (Å²) in [6.07, 6.45) is 4.72. The highest BCUT2D eigenvalue weighted by atomic mass is 32.2. The normalized spacial score (nSPS) is 26.3. The molecule has 1 aliphatic carbocycles. The Bertz CT molecular complexity index is 522. The molecule has 0 aromatic heterocycles. The van der Waals surface area contributed by atoms with E-state index in [0.29, 0.717) is 19.3 Å². The molecule has 1 saturated heterocycles. The SMILES string of the molecule is CCOC(=O)C1(NC(=O)C[C@H]2CCS(=O)(=O)C2)CCCCC1. The number of hydrogen-bond donors (Lipinski definition) is 1. The van der Waals surface area contributed by atoms with Crippen LogP contribution in [0.25, 0.3) is 0 Å². The number of carbonyl (C=O) groups excluding carboxylic acids is 2. The maximum atomic E-state index is 12.3. The summed E-state index contributed by atoms with van der Waals surface area (Å²) in [5.74, 6) is -0.493. The van der Waals surface area contributed by atoms with Gasteiger partial charge < -0.3 is 10.1 Å². The Morgan fingerprint density at radius 1 is 1.23 bits per heavy atom. The number of rotatable bonds is 5. The molecule has 1 amide bonds. The topological polar surface area (TPSA) is 89.5 Å². The van der Waals surface area contributed by atoms with Gasteiger partial charge in [-0.2, -0.15) is 0 Å². The average Bonchev–Trinajstić information content (AvgIpc) is 2.79. The van der Waals surface area contributed by atoms with E-state index < -0.39 is 15.4 Å². The van der Waals surface area contributed by atoms with Gasteiger partial charge in [-0.25, -0.2) is 13.2 Å². The van der Waals surface area contributed by atoms with Crippen LogP contribution >= 0.6 is 0 Å². The highest BCUT2D eigenvalue weighted by Gasteiger charge is 2.42. The summed E-state index contributed by atoms with van der Waals surface area (Å²) in [5.41, 5.74) is -0.914. The van der Waals surface area contributed by atoms with Crippen molar-refractivity contribution in [3.05, 3.63) is 0 Å². The van der Waals surface area contributed by atoms with Crippen molar-refractivity contribution < 1.29 is 22.7 Å². The molecule has 0 unspecified atom stereocenters. The van der Waals surface area contributed by atoms with E-state index in [9.17, 15) is 18.0 Å². The molecule has 1 N–H and O–H groups in total. The molecule has 6 nitrogen and oxygen atoms in total. The van der Waals surface area contributed by atoms with Gasteiger partial charge >= 0.3 is 5.97 Å². The van der Waals surface area contributed by atoms with Crippen molar-refractivity contribution in [2.75, 3.05) is 18.1 Å². The van der Waals surface area contributed by atoms with E-state index in [1.165, 1.54) is 0 Å². The number of ether oxygens (including phenoxy) is 1. The van der Waals surface area contributed by atoms with Crippen molar-refractivity contribution in [1.29, 1.82) is 0 Å². The Balaban J connectivity index is 1.98. The number of nitrogens with one attached hydrogen (secondary N) is 1. The fraction of sp³-hybridized carbons (Fsp3) is 0.867. The first kappa shape index (κ1) is 17.2. The second-order valence-corrected chi connectivity index (χ2v) is 8.61. The Morgan fingerprint density at radius 2 is 1.91 bits per heavy atom. The van der Waals surface area contributed by atoms with Crippen LogP contribution in [0.15, 0.2) is 0 Å². The predicted molar refractivity (Wildman–Crippen MR) is 82.0 cm³/mol. The molecular formula is C15H25NO5S. The van der Waals surface area contributed by atoms with Crippen LogP contribution in [0.1, 0.15) is 51.9 Å². The van der Waals surface area contributed by atoms with Crippen LogP contribution in [0.2, 0.25) is 0 Å². The van der Waals surface area contributed by atoms with Crippen LogP contribution in [0.3, 0.4) is 0 Å². The molecule has 0 bridgehead atoms. The summed E-state index contributed by atoms with van der Waals surface area (Å²) < 4.78 is 28.1. The monoisotopic (exact) mass is 331 g/mol. The number of carbonyl (C=O) groups is 2. The molecule has 2 rings (SSSR count). The highest BCUT2D eigenvalue weighted by Crippen LogP contribution is 2.30. The number of sulfone groups is 1. The smallest absolute Gasteiger partial charge is 0.331 e. The predicted octanol–water partition coefficient (Wildman–Crippen LogP) is 1.19. The van der Waals surface area contributed by atoms with Crippen molar-refractivity contribution >= 4 is 21.7 Å². The second kappa shape index (κ2) is 6.98. The van der Waals surface area contributed by atoms with Crippen LogP contribution in [-0.2, 0) is 24.2 Å². The van der Waals surface area contributed by atoms with Gasteiger partial charge in [-0.3, -0.25) is 4.79 Å². The fourth-order valence-electron chi connectivity index (χ4n) is 3.42. The van der Waals surface area contributed by atoms with Gasteiger partial charge in [0.25, 0.3) is 0 Å². The standard InChI is InChI=1S/C15H25NO5S/c1-2-21-14(18)15(7-4-3-5-8-15)16-13(17)10-12-6-9-22(19,20)11-12/h12H,2-11H2,1H3,(H,16,17)/t12-/m1/s1. The Morgan fingerprint density at radius 3 is 2.45 bits per heavy atom. The van der Waals surface area contributed by atoms with Gasteiger partial charge in [-0.1, -0.05) is 19.3 Å². The highest BCUT2D eigenvalue weighted by molar-refractivity contribution is 7.91. The summed E-state index contributed by atoms with van der Waals surface area (Å²) in [7, 11) is -2.99. The zero-order valence-electron chi connectivity index (χ0n) is 13.1. The second-order valence-electron chi connectivity index (χ2n) is 6.38. The third-order valence-electron chi connectivity index (χ3n) is 4.55. The molecular weight excluding hydrogens is 306 g/mol. The van der Waals surface area contributed by atoms with Gasteiger partial charge in [0, 0.05) is 6.42 Å². The maximum Gasteiger partial charge on any atom is 0.331 e. The number of hydrogen-bond acceptors (Lipinski definition) is 5. The minimum Gasteiger partial charge on any atom is -0.464 e. The molecule has 0 radical (unpaired) electrons. The molecule has 1 aliphatic heterocycles. The first-order chi connectivity index (χ1) is 10.4.